The van der Waals surface area contributed by atoms with Gasteiger partial charge in [-0.15, -0.1) is 20.4 Å². The van der Waals surface area contributed by atoms with Crippen LogP contribution in [0.3, 0.4) is 0 Å². The molecule has 2 fully saturated rings. The van der Waals surface area contributed by atoms with Gasteiger partial charge < -0.3 is 30.5 Å². The van der Waals surface area contributed by atoms with Crippen molar-refractivity contribution >= 4 is 27.4 Å². The van der Waals surface area contributed by atoms with Crippen LogP contribution in [0.1, 0.15) is 81.1 Å². The summed E-state index contributed by atoms with van der Waals surface area (Å²) in [6, 6.07) is 18.9. The first-order chi connectivity index (χ1) is 26.8. The second-order valence-electron chi connectivity index (χ2n) is 18.3. The molecule has 4 N–H and O–H groups in total. The molecule has 0 unspecified atom stereocenters. The number of benzene rings is 2. The summed E-state index contributed by atoms with van der Waals surface area (Å²) < 4.78 is 6.13. The van der Waals surface area contributed by atoms with Gasteiger partial charge in [-0.25, -0.2) is 0 Å². The smallest absolute Gasteiger partial charge is 0.233 e. The van der Waals surface area contributed by atoms with Gasteiger partial charge in [0.2, 0.25) is 5.88 Å². The summed E-state index contributed by atoms with van der Waals surface area (Å²) in [5.41, 5.74) is 2.69. The van der Waals surface area contributed by atoms with Gasteiger partial charge in [-0.3, -0.25) is 9.97 Å². The van der Waals surface area contributed by atoms with Gasteiger partial charge in [0.1, 0.15) is 17.6 Å². The minimum atomic E-state index is 0.00467. The van der Waals surface area contributed by atoms with Crippen LogP contribution in [0.25, 0.3) is 44.1 Å². The lowest BCUT2D eigenvalue weighted by Crippen LogP contribution is -2.62. The third kappa shape index (κ3) is 9.40. The number of ether oxygens (including phenoxy) is 1. The highest BCUT2D eigenvalue weighted by molar-refractivity contribution is 5.90. The molecular weight excluding hydrogens is 715 g/mol. The van der Waals surface area contributed by atoms with Crippen LogP contribution in [0.15, 0.2) is 85.5 Å². The van der Waals surface area contributed by atoms with Crippen LogP contribution in [0.2, 0.25) is 0 Å². The number of pyridine rings is 2. The molecule has 4 aromatic heterocycles. The molecule has 2 aromatic carbocycles. The maximum Gasteiger partial charge on any atom is 0.233 e. The molecule has 2 saturated heterocycles. The largest absolute Gasteiger partial charge is 0.507 e. The van der Waals surface area contributed by atoms with E-state index < -0.39 is 0 Å². The summed E-state index contributed by atoms with van der Waals surface area (Å²) in [6.07, 6.45) is 10.9. The number of phenols is 2. The number of fused-ring (bicyclic) bond motifs is 2. The van der Waals surface area contributed by atoms with Crippen molar-refractivity contribution in [3.8, 4) is 39.9 Å². The maximum absolute atomic E-state index is 10.5. The number of nitrogens with one attached hydrogen (secondary N) is 2. The Bertz CT molecular complexity index is 2330. The van der Waals surface area contributed by atoms with Crippen LogP contribution >= 0.6 is 0 Å². The predicted octanol–water partition coefficient (Wildman–Crippen LogP) is 8.23. The molecule has 0 amide bonds. The zero-order chi connectivity index (χ0) is 40.8. The number of piperidine rings is 2. The first-order valence-electron chi connectivity index (χ1n) is 19.6. The molecule has 57 heavy (non-hydrogen) atoms. The first kappa shape index (κ1) is 39.8. The van der Waals surface area contributed by atoms with Gasteiger partial charge >= 0.3 is 0 Å². The van der Waals surface area contributed by atoms with Gasteiger partial charge in [0.05, 0.1) is 11.4 Å². The summed E-state index contributed by atoms with van der Waals surface area (Å²) >= 11 is 0. The molecule has 0 atom stereocenters. The van der Waals surface area contributed by atoms with Crippen LogP contribution in [0.4, 0.5) is 5.82 Å². The van der Waals surface area contributed by atoms with E-state index in [1.54, 1.807) is 36.9 Å². The molecule has 0 radical (unpaired) electrons. The summed E-state index contributed by atoms with van der Waals surface area (Å²) in [6.45, 7) is 17.8. The highest BCUT2D eigenvalue weighted by atomic mass is 16.5. The van der Waals surface area contributed by atoms with Gasteiger partial charge in [0, 0.05) is 101 Å². The number of hydrogen-bond donors (Lipinski definition) is 4. The summed E-state index contributed by atoms with van der Waals surface area (Å²) in [7, 11) is 2.09. The average Bonchev–Trinajstić information content (AvgIpc) is 3.12. The van der Waals surface area contributed by atoms with Crippen molar-refractivity contribution in [3.63, 3.8) is 0 Å². The summed E-state index contributed by atoms with van der Waals surface area (Å²) in [5, 5.41) is 49.4. The zero-order valence-electron chi connectivity index (χ0n) is 34.5. The fourth-order valence-electron chi connectivity index (χ4n) is 9.05. The Labute approximate surface area is 335 Å². The number of anilines is 1. The number of nitrogens with zero attached hydrogens (tertiary/aromatic N) is 7. The second-order valence-corrected chi connectivity index (χ2v) is 18.3. The number of phenolic OH excluding ortho intramolecular Hbond substituents is 2. The topological polar surface area (TPSA) is 154 Å². The fraction of sp³-hybridized carbons (Fsp3) is 0.422. The van der Waals surface area contributed by atoms with Gasteiger partial charge in [0.15, 0.2) is 5.82 Å². The Morgan fingerprint density at radius 1 is 0.579 bits per heavy atom. The Balaban J connectivity index is 0.000000174. The van der Waals surface area contributed by atoms with Gasteiger partial charge in [-0.05, 0) is 134 Å². The van der Waals surface area contributed by atoms with Gasteiger partial charge in [-0.2, -0.15) is 0 Å². The number of rotatable bonds is 6. The molecule has 298 valence electrons. The van der Waals surface area contributed by atoms with Crippen molar-refractivity contribution in [1.82, 2.24) is 41.0 Å². The monoisotopic (exact) mass is 769 g/mol. The quantitative estimate of drug-likeness (QED) is 0.129. The normalized spacial score (nSPS) is 18.8. The van der Waals surface area contributed by atoms with Crippen molar-refractivity contribution in [3.05, 3.63) is 85.5 Å². The minimum absolute atomic E-state index is 0.00467. The molecule has 2 aliphatic rings. The third-order valence-electron chi connectivity index (χ3n) is 10.9. The molecule has 0 bridgehead atoms. The van der Waals surface area contributed by atoms with Crippen LogP contribution in [-0.2, 0) is 0 Å². The summed E-state index contributed by atoms with van der Waals surface area (Å²) in [4.78, 5) is 10.5. The Hall–Kier alpha value is -5.46. The Morgan fingerprint density at radius 2 is 1.05 bits per heavy atom. The van der Waals surface area contributed by atoms with Crippen LogP contribution < -0.4 is 20.3 Å². The molecular formula is C45H55N9O3. The first-order valence-corrected chi connectivity index (χ1v) is 19.6. The van der Waals surface area contributed by atoms with Crippen LogP contribution in [0, 0.1) is 0 Å². The van der Waals surface area contributed by atoms with Crippen molar-refractivity contribution in [2.45, 2.75) is 115 Å². The average molecular weight is 770 g/mol. The van der Waals surface area contributed by atoms with Crippen molar-refractivity contribution in [2.24, 2.45) is 0 Å². The molecule has 12 heteroatoms. The highest BCUT2D eigenvalue weighted by Crippen LogP contribution is 2.36. The van der Waals surface area contributed by atoms with Gasteiger partial charge in [0.25, 0.3) is 0 Å². The second kappa shape index (κ2) is 15.1. The molecule has 6 heterocycles. The fourth-order valence-corrected chi connectivity index (χ4v) is 9.05. The Morgan fingerprint density at radius 3 is 1.51 bits per heavy atom. The summed E-state index contributed by atoms with van der Waals surface area (Å²) in [5.74, 6) is 1.71. The predicted molar refractivity (Wildman–Crippen MR) is 227 cm³/mol. The van der Waals surface area contributed by atoms with E-state index in [1.165, 1.54) is 0 Å². The molecule has 0 aliphatic carbocycles. The third-order valence-corrected chi connectivity index (χ3v) is 10.9. The van der Waals surface area contributed by atoms with Crippen molar-refractivity contribution < 1.29 is 14.9 Å². The Kier molecular flexibility index (Phi) is 10.6. The number of aromatic hydroxyl groups is 2. The van der Waals surface area contributed by atoms with Crippen molar-refractivity contribution in [2.75, 3.05) is 11.9 Å². The van der Waals surface area contributed by atoms with E-state index in [1.807, 2.05) is 48.5 Å². The molecule has 0 spiro atoms. The minimum Gasteiger partial charge on any atom is -0.507 e. The van der Waals surface area contributed by atoms with Crippen LogP contribution in [-0.4, -0.2) is 81.9 Å². The van der Waals surface area contributed by atoms with E-state index in [0.29, 0.717) is 34.4 Å². The lowest BCUT2D eigenvalue weighted by Gasteiger charge is -2.49. The molecule has 8 rings (SSSR count). The van der Waals surface area contributed by atoms with Crippen LogP contribution in [0.5, 0.6) is 17.4 Å². The maximum atomic E-state index is 10.5. The standard InChI is InChI=1S/C23H29N5O.C22H26N4O2/c1-22(2)12-17(13-23(3,4)27-22)28(5)21-7-6-19(25-26-21)18-10-16-14-24-9-8-15(16)11-20(18)29;1-21(2)11-16(12-22(3,4)26-21)28-20-6-5-18(24-25-20)17-9-15-13-23-8-7-14(15)10-19(17)27/h6-11,14,17,27,29H,12-13H2,1-5H3;5-10,13,16,26-27H,11-12H2,1-4H3. The zero-order valence-corrected chi connectivity index (χ0v) is 34.5. The van der Waals surface area contributed by atoms with E-state index in [9.17, 15) is 10.2 Å². The number of hydrogen-bond acceptors (Lipinski definition) is 12. The van der Waals surface area contributed by atoms with Crippen molar-refractivity contribution in [1.29, 1.82) is 0 Å². The lowest BCUT2D eigenvalue weighted by atomic mass is 9.79. The highest BCUT2D eigenvalue weighted by Gasteiger charge is 2.40. The van der Waals surface area contributed by atoms with E-state index in [2.05, 4.69) is 108 Å². The van der Waals surface area contributed by atoms with E-state index in [4.69, 9.17) is 4.74 Å². The number of aromatic nitrogens is 6. The lowest BCUT2D eigenvalue weighted by molar-refractivity contribution is 0.0524. The van der Waals surface area contributed by atoms with E-state index in [0.717, 1.165) is 53.0 Å². The van der Waals surface area contributed by atoms with Gasteiger partial charge in [-0.1, -0.05) is 0 Å². The van der Waals surface area contributed by atoms with E-state index in [-0.39, 0.29) is 39.8 Å². The SMILES string of the molecule is CC1(C)CC(Oc2ccc(-c3cc4cnccc4cc3O)nn2)CC(C)(C)N1.CN(c1ccc(-c2cc3cnccc3cc2O)nn1)C1CC(C)(C)NC(C)(C)C1. The van der Waals surface area contributed by atoms with E-state index >= 15 is 0 Å². The molecule has 6 aromatic rings. The molecule has 0 saturated carbocycles. The molecule has 12 nitrogen and oxygen atoms in total. The molecule has 2 aliphatic heterocycles.